The third-order valence-corrected chi connectivity index (χ3v) is 4.60. The fourth-order valence-electron chi connectivity index (χ4n) is 3.49. The Morgan fingerprint density at radius 3 is 2.64 bits per heavy atom. The summed E-state index contributed by atoms with van der Waals surface area (Å²) in [5, 5.41) is 17.8. The van der Waals surface area contributed by atoms with Crippen LogP contribution in [0.4, 0.5) is 0 Å². The normalized spacial score (nSPS) is 17.6. The number of fused-ring (bicyclic) bond motifs is 1. The molecule has 1 saturated heterocycles. The van der Waals surface area contributed by atoms with Crippen molar-refractivity contribution in [1.82, 2.24) is 25.5 Å². The number of rotatable bonds is 3. The first-order valence-corrected chi connectivity index (χ1v) is 7.84. The van der Waals surface area contributed by atoms with Gasteiger partial charge in [-0.2, -0.15) is 0 Å². The van der Waals surface area contributed by atoms with E-state index in [9.17, 15) is 0 Å². The number of tetrazole rings is 1. The van der Waals surface area contributed by atoms with Crippen molar-refractivity contribution in [2.45, 2.75) is 18.9 Å². The Morgan fingerprint density at radius 2 is 1.86 bits per heavy atom. The predicted molar refractivity (Wildman–Crippen MR) is 85.5 cm³/mol. The second kappa shape index (κ2) is 5.85. The zero-order valence-corrected chi connectivity index (χ0v) is 12.4. The Labute approximate surface area is 129 Å². The van der Waals surface area contributed by atoms with E-state index in [1.54, 1.807) is 6.33 Å². The SMILES string of the molecule is c1ccc2cc([C@@H](C3CCNCC3)n3cnnn3)ccc2c1. The minimum absolute atomic E-state index is 0.210. The Hall–Kier alpha value is -2.27. The molecule has 0 unspecified atom stereocenters. The van der Waals surface area contributed by atoms with Crippen molar-refractivity contribution in [3.05, 3.63) is 54.4 Å². The van der Waals surface area contributed by atoms with E-state index in [1.165, 1.54) is 16.3 Å². The topological polar surface area (TPSA) is 55.6 Å². The summed E-state index contributed by atoms with van der Waals surface area (Å²) in [6, 6.07) is 15.4. The first kappa shape index (κ1) is 13.4. The molecule has 5 nitrogen and oxygen atoms in total. The third kappa shape index (κ3) is 2.48. The van der Waals surface area contributed by atoms with Crippen LogP contribution in [0.15, 0.2) is 48.8 Å². The molecule has 0 aliphatic carbocycles. The van der Waals surface area contributed by atoms with Crippen molar-refractivity contribution in [3.8, 4) is 0 Å². The first-order valence-electron chi connectivity index (χ1n) is 7.84. The molecule has 2 heterocycles. The van der Waals surface area contributed by atoms with E-state index in [4.69, 9.17) is 0 Å². The van der Waals surface area contributed by atoms with Crippen LogP contribution in [0, 0.1) is 5.92 Å². The number of hydrogen-bond donors (Lipinski definition) is 1. The average molecular weight is 293 g/mol. The quantitative estimate of drug-likeness (QED) is 0.806. The van der Waals surface area contributed by atoms with E-state index in [1.807, 2.05) is 4.68 Å². The molecule has 2 aromatic carbocycles. The minimum atomic E-state index is 0.210. The molecule has 1 N–H and O–H groups in total. The van der Waals surface area contributed by atoms with E-state index >= 15 is 0 Å². The smallest absolute Gasteiger partial charge is 0.138 e. The molecule has 0 bridgehead atoms. The van der Waals surface area contributed by atoms with Gasteiger partial charge in [0.1, 0.15) is 6.33 Å². The summed E-state index contributed by atoms with van der Waals surface area (Å²) in [7, 11) is 0. The minimum Gasteiger partial charge on any atom is -0.317 e. The predicted octanol–water partition coefficient (Wildman–Crippen LogP) is 2.42. The highest BCUT2D eigenvalue weighted by molar-refractivity contribution is 5.83. The highest BCUT2D eigenvalue weighted by Gasteiger charge is 2.27. The maximum Gasteiger partial charge on any atom is 0.138 e. The zero-order chi connectivity index (χ0) is 14.8. The molecule has 0 spiro atoms. The number of hydrogen-bond acceptors (Lipinski definition) is 4. The van der Waals surface area contributed by atoms with Crippen molar-refractivity contribution in [2.24, 2.45) is 5.92 Å². The van der Waals surface area contributed by atoms with Gasteiger partial charge >= 0.3 is 0 Å². The van der Waals surface area contributed by atoms with Crippen LogP contribution < -0.4 is 5.32 Å². The molecule has 22 heavy (non-hydrogen) atoms. The Kier molecular flexibility index (Phi) is 3.56. The number of piperidine rings is 1. The van der Waals surface area contributed by atoms with E-state index in [-0.39, 0.29) is 6.04 Å². The maximum absolute atomic E-state index is 4.18. The summed E-state index contributed by atoms with van der Waals surface area (Å²) in [5.41, 5.74) is 1.29. The van der Waals surface area contributed by atoms with E-state index in [0.29, 0.717) is 5.92 Å². The molecule has 1 aromatic heterocycles. The lowest BCUT2D eigenvalue weighted by Gasteiger charge is -2.30. The van der Waals surface area contributed by atoms with Crippen molar-refractivity contribution in [1.29, 1.82) is 0 Å². The number of benzene rings is 2. The lowest BCUT2D eigenvalue weighted by Crippen LogP contribution is -2.33. The van der Waals surface area contributed by atoms with Gasteiger partial charge in [-0.1, -0.05) is 36.4 Å². The maximum atomic E-state index is 4.18. The molecular weight excluding hydrogens is 274 g/mol. The molecular formula is C17H19N5. The van der Waals surface area contributed by atoms with E-state index in [0.717, 1.165) is 25.9 Å². The van der Waals surface area contributed by atoms with Crippen LogP contribution in [-0.4, -0.2) is 33.3 Å². The summed E-state index contributed by atoms with van der Waals surface area (Å²) < 4.78 is 1.92. The lowest BCUT2D eigenvalue weighted by molar-refractivity contribution is 0.274. The van der Waals surface area contributed by atoms with Gasteiger partial charge in [-0.25, -0.2) is 4.68 Å². The molecule has 3 aromatic rings. The summed E-state index contributed by atoms with van der Waals surface area (Å²) in [4.78, 5) is 0. The lowest BCUT2D eigenvalue weighted by atomic mass is 9.85. The fraction of sp³-hybridized carbons (Fsp3) is 0.353. The van der Waals surface area contributed by atoms with E-state index < -0.39 is 0 Å². The van der Waals surface area contributed by atoms with Crippen LogP contribution in [0.2, 0.25) is 0 Å². The summed E-state index contributed by atoms with van der Waals surface area (Å²) in [5.74, 6) is 0.561. The van der Waals surface area contributed by atoms with Gasteiger partial charge in [0.2, 0.25) is 0 Å². The van der Waals surface area contributed by atoms with Crippen LogP contribution in [0.3, 0.4) is 0 Å². The van der Waals surface area contributed by atoms with Crippen LogP contribution in [0.25, 0.3) is 10.8 Å². The molecule has 5 heteroatoms. The summed E-state index contributed by atoms with van der Waals surface area (Å²) in [6.07, 6.45) is 4.04. The molecule has 1 aliphatic rings. The van der Waals surface area contributed by atoms with Gasteiger partial charge in [-0.05, 0) is 64.7 Å². The molecule has 0 saturated carbocycles. The van der Waals surface area contributed by atoms with Gasteiger partial charge in [0.15, 0.2) is 0 Å². The van der Waals surface area contributed by atoms with Crippen LogP contribution >= 0.6 is 0 Å². The largest absolute Gasteiger partial charge is 0.317 e. The van der Waals surface area contributed by atoms with E-state index in [2.05, 4.69) is 63.3 Å². The second-order valence-electron chi connectivity index (χ2n) is 5.93. The second-order valence-corrected chi connectivity index (χ2v) is 5.93. The molecule has 0 amide bonds. The van der Waals surface area contributed by atoms with Gasteiger partial charge in [0.25, 0.3) is 0 Å². The fourth-order valence-corrected chi connectivity index (χ4v) is 3.49. The number of aromatic nitrogens is 4. The summed E-state index contributed by atoms with van der Waals surface area (Å²) in [6.45, 7) is 2.13. The van der Waals surface area contributed by atoms with Crippen LogP contribution in [-0.2, 0) is 0 Å². The molecule has 112 valence electrons. The van der Waals surface area contributed by atoms with Gasteiger partial charge < -0.3 is 5.32 Å². The van der Waals surface area contributed by atoms with Gasteiger partial charge in [0.05, 0.1) is 6.04 Å². The standard InChI is InChI=1S/C17H19N5/c1-2-4-15-11-16(6-5-13(15)3-1)17(22-12-19-20-21-22)14-7-9-18-10-8-14/h1-6,11-12,14,17-18H,7-10H2/t17-/m1/s1. The monoisotopic (exact) mass is 293 g/mol. The Balaban J connectivity index is 1.78. The van der Waals surface area contributed by atoms with Crippen molar-refractivity contribution in [2.75, 3.05) is 13.1 Å². The van der Waals surface area contributed by atoms with Gasteiger partial charge in [-0.15, -0.1) is 5.10 Å². The molecule has 4 rings (SSSR count). The Bertz CT molecular complexity index is 747. The summed E-state index contributed by atoms with van der Waals surface area (Å²) >= 11 is 0. The van der Waals surface area contributed by atoms with Crippen LogP contribution in [0.5, 0.6) is 0 Å². The number of nitrogens with zero attached hydrogens (tertiary/aromatic N) is 4. The van der Waals surface area contributed by atoms with Crippen molar-refractivity contribution in [3.63, 3.8) is 0 Å². The van der Waals surface area contributed by atoms with Gasteiger partial charge in [0, 0.05) is 0 Å². The first-order chi connectivity index (χ1) is 10.9. The molecule has 1 fully saturated rings. The number of nitrogens with one attached hydrogen (secondary N) is 1. The van der Waals surface area contributed by atoms with Crippen molar-refractivity contribution < 1.29 is 0 Å². The Morgan fingerprint density at radius 1 is 1.05 bits per heavy atom. The van der Waals surface area contributed by atoms with Gasteiger partial charge in [-0.3, -0.25) is 0 Å². The third-order valence-electron chi connectivity index (χ3n) is 4.60. The molecule has 1 aliphatic heterocycles. The molecule has 0 radical (unpaired) electrons. The molecule has 1 atom stereocenters. The van der Waals surface area contributed by atoms with Crippen LogP contribution in [0.1, 0.15) is 24.4 Å². The average Bonchev–Trinajstić information content (AvgIpc) is 3.10. The highest BCUT2D eigenvalue weighted by atomic mass is 15.5. The zero-order valence-electron chi connectivity index (χ0n) is 12.4. The van der Waals surface area contributed by atoms with Crippen molar-refractivity contribution >= 4 is 10.8 Å². The highest BCUT2D eigenvalue weighted by Crippen LogP contribution is 2.33.